The predicted molar refractivity (Wildman–Crippen MR) is 91.8 cm³/mol. The van der Waals surface area contributed by atoms with E-state index in [4.69, 9.17) is 4.74 Å². The molecule has 0 aliphatic rings. The fraction of sp³-hybridized carbons (Fsp3) is 0.0500. The number of fused-ring (bicyclic) bond motifs is 1. The van der Waals surface area contributed by atoms with Crippen LogP contribution < -0.4 is 4.74 Å². The molecular weight excluding hydrogens is 284 g/mol. The summed E-state index contributed by atoms with van der Waals surface area (Å²) < 4.78 is 8.05. The lowest BCUT2D eigenvalue weighted by molar-refractivity contribution is 0.306. The molecule has 0 atom stereocenters. The molecular formula is C20H16N2O. The maximum absolute atomic E-state index is 5.90. The van der Waals surface area contributed by atoms with Crippen LogP contribution in [0, 0.1) is 0 Å². The molecule has 0 bridgehead atoms. The Bertz CT molecular complexity index is 914. The number of rotatable bonds is 4. The molecule has 0 amide bonds. The van der Waals surface area contributed by atoms with Gasteiger partial charge in [-0.05, 0) is 42.0 Å². The number of hydrogen-bond donors (Lipinski definition) is 0. The quantitative estimate of drug-likeness (QED) is 0.550. The third-order valence-corrected chi connectivity index (χ3v) is 3.85. The van der Waals surface area contributed by atoms with E-state index >= 15 is 0 Å². The summed E-state index contributed by atoms with van der Waals surface area (Å²) in [6.45, 7) is 0.581. The molecule has 3 heteroatoms. The molecule has 4 aromatic rings. The van der Waals surface area contributed by atoms with Gasteiger partial charge in [-0.25, -0.2) is 0 Å². The molecule has 23 heavy (non-hydrogen) atoms. The number of hydrogen-bond acceptors (Lipinski definition) is 2. The van der Waals surface area contributed by atoms with Gasteiger partial charge < -0.3 is 9.30 Å². The Labute approximate surface area is 134 Å². The van der Waals surface area contributed by atoms with Gasteiger partial charge in [0, 0.05) is 29.7 Å². The molecule has 2 aromatic heterocycles. The minimum Gasteiger partial charge on any atom is -0.489 e. The predicted octanol–water partition coefficient (Wildman–Crippen LogP) is 4.60. The van der Waals surface area contributed by atoms with E-state index in [-0.39, 0.29) is 0 Å². The van der Waals surface area contributed by atoms with Gasteiger partial charge in [-0.3, -0.25) is 4.98 Å². The Morgan fingerprint density at radius 3 is 2.52 bits per heavy atom. The van der Waals surface area contributed by atoms with Gasteiger partial charge in [-0.2, -0.15) is 0 Å². The summed E-state index contributed by atoms with van der Waals surface area (Å²) >= 11 is 0. The second-order valence-corrected chi connectivity index (χ2v) is 5.39. The van der Waals surface area contributed by atoms with Gasteiger partial charge in [0.05, 0.1) is 5.52 Å². The molecule has 0 unspecified atom stereocenters. The summed E-state index contributed by atoms with van der Waals surface area (Å²) in [5.41, 5.74) is 3.43. The van der Waals surface area contributed by atoms with Crippen LogP contribution in [0.3, 0.4) is 0 Å². The lowest BCUT2D eigenvalue weighted by Crippen LogP contribution is -1.95. The first-order chi connectivity index (χ1) is 11.4. The topological polar surface area (TPSA) is 27.1 Å². The first-order valence-corrected chi connectivity index (χ1v) is 7.58. The van der Waals surface area contributed by atoms with Crippen LogP contribution in [0.1, 0.15) is 5.56 Å². The maximum Gasteiger partial charge on any atom is 0.120 e. The van der Waals surface area contributed by atoms with Crippen molar-refractivity contribution >= 4 is 10.9 Å². The van der Waals surface area contributed by atoms with Crippen LogP contribution in [-0.2, 0) is 6.61 Å². The van der Waals surface area contributed by atoms with Gasteiger partial charge in [0.2, 0.25) is 0 Å². The molecule has 112 valence electrons. The molecule has 0 spiro atoms. The number of benzene rings is 2. The molecule has 0 fully saturated rings. The zero-order valence-electron chi connectivity index (χ0n) is 12.6. The highest BCUT2D eigenvalue weighted by molar-refractivity contribution is 5.83. The van der Waals surface area contributed by atoms with Crippen LogP contribution in [-0.4, -0.2) is 9.55 Å². The molecule has 0 aliphatic carbocycles. The van der Waals surface area contributed by atoms with Crippen molar-refractivity contribution in [2.75, 3.05) is 0 Å². The third kappa shape index (κ3) is 2.81. The second kappa shape index (κ2) is 5.97. The Balaban J connectivity index is 1.60. The fourth-order valence-corrected chi connectivity index (χ4v) is 2.68. The lowest BCUT2D eigenvalue weighted by Gasteiger charge is -2.08. The van der Waals surface area contributed by atoms with Gasteiger partial charge in [0.1, 0.15) is 12.4 Å². The molecule has 3 nitrogen and oxygen atoms in total. The van der Waals surface area contributed by atoms with E-state index in [0.29, 0.717) is 6.61 Å². The summed E-state index contributed by atoms with van der Waals surface area (Å²) in [6.07, 6.45) is 5.68. The van der Waals surface area contributed by atoms with E-state index in [2.05, 4.69) is 46.1 Å². The summed E-state index contributed by atoms with van der Waals surface area (Å²) in [6, 6.07) is 22.5. The summed E-state index contributed by atoms with van der Waals surface area (Å²) in [5, 5.41) is 1.16. The molecule has 0 aliphatic heterocycles. The van der Waals surface area contributed by atoms with E-state index < -0.39 is 0 Å². The first kappa shape index (κ1) is 13.6. The Morgan fingerprint density at radius 2 is 1.70 bits per heavy atom. The molecule has 4 rings (SSSR count). The third-order valence-electron chi connectivity index (χ3n) is 3.85. The number of nitrogens with zero attached hydrogens (tertiary/aromatic N) is 2. The van der Waals surface area contributed by atoms with Crippen molar-refractivity contribution in [1.29, 1.82) is 0 Å². The Hall–Kier alpha value is -3.07. The molecule has 0 radical (unpaired) electrons. The molecule has 2 heterocycles. The van der Waals surface area contributed by atoms with E-state index in [0.717, 1.165) is 22.3 Å². The maximum atomic E-state index is 5.90. The van der Waals surface area contributed by atoms with Crippen molar-refractivity contribution in [2.24, 2.45) is 0 Å². The van der Waals surface area contributed by atoms with Crippen molar-refractivity contribution in [3.8, 4) is 11.4 Å². The van der Waals surface area contributed by atoms with Crippen molar-refractivity contribution in [3.05, 3.63) is 90.9 Å². The first-order valence-electron chi connectivity index (χ1n) is 7.58. The molecule has 0 saturated heterocycles. The molecule has 0 saturated carbocycles. The normalized spacial score (nSPS) is 10.8. The summed E-state index contributed by atoms with van der Waals surface area (Å²) in [7, 11) is 0. The van der Waals surface area contributed by atoms with Crippen LogP contribution in [0.15, 0.2) is 85.3 Å². The summed E-state index contributed by atoms with van der Waals surface area (Å²) in [5.74, 6) is 0.883. The zero-order valence-corrected chi connectivity index (χ0v) is 12.6. The van der Waals surface area contributed by atoms with Crippen molar-refractivity contribution < 1.29 is 4.74 Å². The van der Waals surface area contributed by atoms with Gasteiger partial charge in [0.15, 0.2) is 0 Å². The number of aromatic nitrogens is 2. The van der Waals surface area contributed by atoms with Crippen LogP contribution in [0.4, 0.5) is 0 Å². The molecule has 2 aromatic carbocycles. The Morgan fingerprint density at radius 1 is 0.870 bits per heavy atom. The fourth-order valence-electron chi connectivity index (χ4n) is 2.68. The zero-order chi connectivity index (χ0) is 15.5. The monoisotopic (exact) mass is 300 g/mol. The van der Waals surface area contributed by atoms with Crippen molar-refractivity contribution in [3.63, 3.8) is 0 Å². The van der Waals surface area contributed by atoms with Crippen LogP contribution >= 0.6 is 0 Å². The number of pyridine rings is 1. The average molecular weight is 300 g/mol. The number of ether oxygens (including phenoxy) is 1. The average Bonchev–Trinajstić information content (AvgIpc) is 3.05. The van der Waals surface area contributed by atoms with Gasteiger partial charge in [0.25, 0.3) is 0 Å². The van der Waals surface area contributed by atoms with Crippen molar-refractivity contribution in [2.45, 2.75) is 6.61 Å². The largest absolute Gasteiger partial charge is 0.489 e. The SMILES string of the molecule is c1ccc(COc2ccc3c(ccn3-c3ccncc3)c2)cc1. The van der Waals surface area contributed by atoms with Crippen molar-refractivity contribution in [1.82, 2.24) is 9.55 Å². The van der Waals surface area contributed by atoms with E-state index in [9.17, 15) is 0 Å². The van der Waals surface area contributed by atoms with Crippen LogP contribution in [0.25, 0.3) is 16.6 Å². The van der Waals surface area contributed by atoms with E-state index in [1.54, 1.807) is 12.4 Å². The van der Waals surface area contributed by atoms with Crippen LogP contribution in [0.2, 0.25) is 0 Å². The van der Waals surface area contributed by atoms with E-state index in [1.807, 2.05) is 36.4 Å². The highest BCUT2D eigenvalue weighted by Gasteiger charge is 2.05. The Kier molecular flexibility index (Phi) is 3.53. The second-order valence-electron chi connectivity index (χ2n) is 5.39. The van der Waals surface area contributed by atoms with E-state index in [1.165, 1.54) is 5.56 Å². The van der Waals surface area contributed by atoms with Gasteiger partial charge in [-0.1, -0.05) is 30.3 Å². The van der Waals surface area contributed by atoms with Gasteiger partial charge in [-0.15, -0.1) is 0 Å². The lowest BCUT2D eigenvalue weighted by atomic mass is 10.2. The van der Waals surface area contributed by atoms with Gasteiger partial charge >= 0.3 is 0 Å². The summed E-state index contributed by atoms with van der Waals surface area (Å²) in [4.78, 5) is 4.07. The van der Waals surface area contributed by atoms with Crippen LogP contribution in [0.5, 0.6) is 5.75 Å². The minimum atomic E-state index is 0.581. The smallest absolute Gasteiger partial charge is 0.120 e. The minimum absolute atomic E-state index is 0.581. The molecule has 0 N–H and O–H groups in total. The standard InChI is InChI=1S/C20H16N2O/c1-2-4-16(5-3-1)15-23-19-6-7-20-17(14-19)10-13-22(20)18-8-11-21-12-9-18/h1-14H,15H2. The highest BCUT2D eigenvalue weighted by atomic mass is 16.5. The highest BCUT2D eigenvalue weighted by Crippen LogP contribution is 2.25.